The smallest absolute Gasteiger partial charge is 0.325 e. The summed E-state index contributed by atoms with van der Waals surface area (Å²) in [6, 6.07) is 9.78. The Morgan fingerprint density at radius 3 is 2.78 bits per heavy atom. The number of nitrogens with zero attached hydrogens (tertiary/aromatic N) is 3. The van der Waals surface area contributed by atoms with Gasteiger partial charge in [-0.25, -0.2) is 4.99 Å². The molecule has 0 aliphatic carbocycles. The van der Waals surface area contributed by atoms with E-state index in [9.17, 15) is 5.11 Å². The summed E-state index contributed by atoms with van der Waals surface area (Å²) >= 11 is 0. The van der Waals surface area contributed by atoms with Gasteiger partial charge in [-0.1, -0.05) is 30.3 Å². The van der Waals surface area contributed by atoms with Crippen LogP contribution in [0.1, 0.15) is 18.2 Å². The first-order valence-electron chi connectivity index (χ1n) is 5.55. The Balaban J connectivity index is 2.29. The highest BCUT2D eigenvalue weighted by atomic mass is 16.5. The Morgan fingerprint density at radius 2 is 2.17 bits per heavy atom. The Hall–Kier alpha value is -2.21. The van der Waals surface area contributed by atoms with E-state index in [0.29, 0.717) is 12.2 Å². The second-order valence-electron chi connectivity index (χ2n) is 3.80. The lowest BCUT2D eigenvalue weighted by Crippen LogP contribution is -2.40. The third-order valence-corrected chi connectivity index (χ3v) is 2.41. The quantitative estimate of drug-likeness (QED) is 0.462. The van der Waals surface area contributed by atoms with Gasteiger partial charge in [0.1, 0.15) is 0 Å². The molecular weight excluding hydrogens is 232 g/mol. The molecule has 18 heavy (non-hydrogen) atoms. The zero-order valence-electron chi connectivity index (χ0n) is 10.0. The largest absolute Gasteiger partial charge is 0.862 e. The third-order valence-electron chi connectivity index (χ3n) is 2.41. The lowest BCUT2D eigenvalue weighted by atomic mass is 10.2. The third kappa shape index (κ3) is 2.72. The molecule has 1 heterocycles. The summed E-state index contributed by atoms with van der Waals surface area (Å²) in [4.78, 5) is 3.72. The first kappa shape index (κ1) is 12.3. The lowest BCUT2D eigenvalue weighted by molar-refractivity contribution is -0.760. The minimum absolute atomic E-state index is 0.181. The predicted octanol–water partition coefficient (Wildman–Crippen LogP) is -0.121. The molecule has 0 saturated carbocycles. The van der Waals surface area contributed by atoms with E-state index in [-0.39, 0.29) is 18.3 Å². The van der Waals surface area contributed by atoms with Gasteiger partial charge in [0, 0.05) is 5.56 Å². The highest BCUT2D eigenvalue weighted by molar-refractivity contribution is 5.71. The van der Waals surface area contributed by atoms with Gasteiger partial charge in [0.05, 0.1) is 6.54 Å². The van der Waals surface area contributed by atoms with Crippen molar-refractivity contribution in [3.8, 4) is 0 Å². The number of nitrogens with two attached hydrogens (primary N) is 1. The molecule has 0 amide bonds. The maximum atomic E-state index is 10.9. The fourth-order valence-corrected chi connectivity index (χ4v) is 1.60. The van der Waals surface area contributed by atoms with Crippen molar-refractivity contribution in [3.05, 3.63) is 41.6 Å². The highest BCUT2D eigenvalue weighted by Crippen LogP contribution is 2.14. The van der Waals surface area contributed by atoms with Gasteiger partial charge in [-0.15, -0.1) is 0 Å². The van der Waals surface area contributed by atoms with Crippen molar-refractivity contribution in [3.63, 3.8) is 0 Å². The molecule has 2 aromatic rings. The number of hydrogen-bond donors (Lipinski definition) is 1. The average molecular weight is 246 g/mol. The lowest BCUT2D eigenvalue weighted by Gasteiger charge is -1.98. The summed E-state index contributed by atoms with van der Waals surface area (Å²) in [5, 5.41) is 14.8. The summed E-state index contributed by atoms with van der Waals surface area (Å²) < 4.78 is 6.62. The van der Waals surface area contributed by atoms with Gasteiger partial charge in [0.2, 0.25) is 11.8 Å². The van der Waals surface area contributed by atoms with E-state index >= 15 is 0 Å². The van der Waals surface area contributed by atoms with Gasteiger partial charge < -0.3 is 10.8 Å². The molecule has 0 fully saturated rings. The molecule has 0 unspecified atom stereocenters. The Labute approximate surface area is 104 Å². The van der Waals surface area contributed by atoms with E-state index in [1.54, 1.807) is 4.68 Å². The molecule has 94 valence electrons. The number of aromatic nitrogens is 2. The summed E-state index contributed by atoms with van der Waals surface area (Å²) in [6.07, 6.45) is 0. The van der Waals surface area contributed by atoms with Crippen LogP contribution in [0.3, 0.4) is 0 Å². The molecule has 0 saturated heterocycles. The standard InChI is InChI=1S/C12H14N4O2/c1-9(17)14-12-11(7-13)16(15-18-12)8-10-5-3-2-4-6-10/h2-6H,7-8,13H2,1H3. The maximum absolute atomic E-state index is 10.9. The minimum Gasteiger partial charge on any atom is -0.862 e. The van der Waals surface area contributed by atoms with Crippen molar-refractivity contribution in [1.82, 2.24) is 5.27 Å². The van der Waals surface area contributed by atoms with E-state index in [2.05, 4.69) is 10.3 Å². The van der Waals surface area contributed by atoms with Crippen molar-refractivity contribution < 1.29 is 14.3 Å². The van der Waals surface area contributed by atoms with Crippen molar-refractivity contribution in [2.24, 2.45) is 10.7 Å². The highest BCUT2D eigenvalue weighted by Gasteiger charge is 2.22. The van der Waals surface area contributed by atoms with Crippen molar-refractivity contribution in [2.45, 2.75) is 20.0 Å². The van der Waals surface area contributed by atoms with Crippen LogP contribution < -0.4 is 15.5 Å². The van der Waals surface area contributed by atoms with Gasteiger partial charge in [-0.3, -0.25) is 4.52 Å². The fourth-order valence-electron chi connectivity index (χ4n) is 1.60. The second kappa shape index (κ2) is 5.42. The van der Waals surface area contributed by atoms with E-state index < -0.39 is 0 Å². The van der Waals surface area contributed by atoms with Crippen LogP contribution in [0.25, 0.3) is 0 Å². The topological polar surface area (TPSA) is 91.3 Å². The molecular formula is C12H14N4O2. The van der Waals surface area contributed by atoms with Crippen molar-refractivity contribution in [2.75, 3.05) is 0 Å². The summed E-state index contributed by atoms with van der Waals surface area (Å²) in [7, 11) is 0. The number of aliphatic imine (C=N–C) groups is 1. The van der Waals surface area contributed by atoms with Crippen molar-refractivity contribution >= 4 is 11.8 Å². The molecule has 6 nitrogen and oxygen atoms in total. The van der Waals surface area contributed by atoms with E-state index in [0.717, 1.165) is 5.56 Å². The van der Waals surface area contributed by atoms with Gasteiger partial charge in [0.25, 0.3) is 5.69 Å². The van der Waals surface area contributed by atoms with Crippen LogP contribution in [0.2, 0.25) is 0 Å². The first-order chi connectivity index (χ1) is 8.70. The zero-order valence-corrected chi connectivity index (χ0v) is 10.0. The van der Waals surface area contributed by atoms with E-state index in [1.165, 1.54) is 6.92 Å². The minimum atomic E-state index is -0.340. The molecule has 0 atom stereocenters. The SMILES string of the molecule is C/C([O-])=N/c1on[n+](Cc2ccccc2)c1CN. The van der Waals surface area contributed by atoms with Crippen LogP contribution in [0, 0.1) is 0 Å². The summed E-state index contributed by atoms with van der Waals surface area (Å²) in [5.41, 5.74) is 7.31. The fraction of sp³-hybridized carbons (Fsp3) is 0.250. The molecule has 2 rings (SSSR count). The van der Waals surface area contributed by atoms with Crippen LogP contribution in [0.15, 0.2) is 39.8 Å². The van der Waals surface area contributed by atoms with Gasteiger partial charge in [0.15, 0.2) is 0 Å². The van der Waals surface area contributed by atoms with E-state index in [1.807, 2.05) is 30.3 Å². The summed E-state index contributed by atoms with van der Waals surface area (Å²) in [5.74, 6) is -0.159. The van der Waals surface area contributed by atoms with Crippen LogP contribution >= 0.6 is 0 Å². The molecule has 0 radical (unpaired) electrons. The molecule has 2 N–H and O–H groups in total. The Bertz CT molecular complexity index is 544. The zero-order chi connectivity index (χ0) is 13.0. The molecule has 6 heteroatoms. The van der Waals surface area contributed by atoms with Gasteiger partial charge in [-0.2, -0.15) is 0 Å². The number of benzene rings is 1. The van der Waals surface area contributed by atoms with Gasteiger partial charge >= 0.3 is 5.88 Å². The van der Waals surface area contributed by atoms with Crippen LogP contribution in [-0.4, -0.2) is 11.2 Å². The first-order valence-corrected chi connectivity index (χ1v) is 5.55. The molecule has 1 aromatic carbocycles. The molecule has 0 aliphatic rings. The normalized spacial score (nSPS) is 11.8. The van der Waals surface area contributed by atoms with Crippen LogP contribution in [-0.2, 0) is 13.1 Å². The Kier molecular flexibility index (Phi) is 3.69. The predicted molar refractivity (Wildman–Crippen MR) is 62.9 cm³/mol. The van der Waals surface area contributed by atoms with Gasteiger partial charge in [-0.05, 0) is 17.5 Å². The molecule has 0 bridgehead atoms. The van der Waals surface area contributed by atoms with Crippen molar-refractivity contribution in [1.29, 1.82) is 0 Å². The molecule has 1 aromatic heterocycles. The molecule has 0 aliphatic heterocycles. The van der Waals surface area contributed by atoms with Crippen LogP contribution in [0.4, 0.5) is 5.88 Å². The second-order valence-corrected chi connectivity index (χ2v) is 3.80. The molecule has 0 spiro atoms. The summed E-state index contributed by atoms with van der Waals surface area (Å²) in [6.45, 7) is 2.09. The van der Waals surface area contributed by atoms with E-state index in [4.69, 9.17) is 10.3 Å². The van der Waals surface area contributed by atoms with Crippen LogP contribution in [0.5, 0.6) is 0 Å². The Morgan fingerprint density at radius 1 is 1.44 bits per heavy atom. The maximum Gasteiger partial charge on any atom is 0.325 e. The number of hydrogen-bond acceptors (Lipinski definition) is 5. The monoisotopic (exact) mass is 246 g/mol. The number of rotatable bonds is 4. The average Bonchev–Trinajstić information content (AvgIpc) is 2.72.